The molecule has 0 bridgehead atoms. The molecular formula is C25H33N3O5. The Morgan fingerprint density at radius 1 is 1.21 bits per heavy atom. The van der Waals surface area contributed by atoms with Crippen molar-refractivity contribution in [3.05, 3.63) is 36.2 Å². The zero-order chi connectivity index (χ0) is 23.5. The summed E-state index contributed by atoms with van der Waals surface area (Å²) in [5.74, 6) is 0.244. The summed E-state index contributed by atoms with van der Waals surface area (Å²) in [6, 6.07) is 7.89. The molecule has 0 aliphatic heterocycles. The quantitative estimate of drug-likeness (QED) is 0.631. The van der Waals surface area contributed by atoms with Crippen LogP contribution in [0.4, 0.5) is 4.79 Å². The molecule has 1 heterocycles. The third kappa shape index (κ3) is 5.49. The van der Waals surface area contributed by atoms with Gasteiger partial charge in [0.05, 0.1) is 23.9 Å². The zero-order valence-corrected chi connectivity index (χ0v) is 19.6. The van der Waals surface area contributed by atoms with Gasteiger partial charge in [-0.15, -0.1) is 0 Å². The Balaban J connectivity index is 1.38. The molecule has 2 aromatic rings. The molecule has 4 rings (SSSR count). The van der Waals surface area contributed by atoms with Crippen LogP contribution in [0.5, 0.6) is 5.75 Å². The van der Waals surface area contributed by atoms with Crippen LogP contribution in [-0.2, 0) is 23.2 Å². The molecule has 178 valence electrons. The average molecular weight is 456 g/mol. The van der Waals surface area contributed by atoms with Gasteiger partial charge >= 0.3 is 12.1 Å². The molecule has 1 unspecified atom stereocenters. The second-order valence-corrected chi connectivity index (χ2v) is 9.34. The number of carboxylic acids is 1. The number of hydrogen-bond donors (Lipinski definition) is 1. The van der Waals surface area contributed by atoms with Gasteiger partial charge < -0.3 is 19.5 Å². The Bertz CT molecular complexity index is 982. The van der Waals surface area contributed by atoms with E-state index in [2.05, 4.69) is 12.0 Å². The van der Waals surface area contributed by atoms with E-state index in [9.17, 15) is 14.7 Å². The number of rotatable bonds is 8. The predicted octanol–water partition coefficient (Wildman–Crippen LogP) is 4.48. The minimum absolute atomic E-state index is 0.0749. The summed E-state index contributed by atoms with van der Waals surface area (Å²) in [5, 5.41) is 13.6. The molecule has 1 amide bonds. The van der Waals surface area contributed by atoms with Crippen molar-refractivity contribution in [2.75, 3.05) is 7.05 Å². The van der Waals surface area contributed by atoms with Crippen molar-refractivity contribution in [2.45, 2.75) is 64.2 Å². The molecule has 0 saturated heterocycles. The maximum atomic E-state index is 12.5. The van der Waals surface area contributed by atoms with Gasteiger partial charge in [0.2, 0.25) is 0 Å². The number of aliphatic carboxylic acids is 1. The highest BCUT2D eigenvalue weighted by molar-refractivity contribution is 5.70. The highest BCUT2D eigenvalue weighted by atomic mass is 16.6. The predicted molar refractivity (Wildman–Crippen MR) is 123 cm³/mol. The van der Waals surface area contributed by atoms with E-state index >= 15 is 0 Å². The SMILES string of the molecule is CC(C1CC1)N(C)C(=O)OCc1c(-c2ccc(O[C@H]3CCC[C@H](C(=O)O)C3)cc2)cnn1C. The summed E-state index contributed by atoms with van der Waals surface area (Å²) in [6.45, 7) is 2.20. The van der Waals surface area contributed by atoms with E-state index in [-0.39, 0.29) is 30.8 Å². The molecule has 33 heavy (non-hydrogen) atoms. The summed E-state index contributed by atoms with van der Waals surface area (Å²) >= 11 is 0. The van der Waals surface area contributed by atoms with Crippen LogP contribution in [0.15, 0.2) is 30.5 Å². The van der Waals surface area contributed by atoms with E-state index < -0.39 is 5.97 Å². The van der Waals surface area contributed by atoms with Crippen molar-refractivity contribution in [1.82, 2.24) is 14.7 Å². The fraction of sp³-hybridized carbons (Fsp3) is 0.560. The second kappa shape index (κ2) is 9.85. The summed E-state index contributed by atoms with van der Waals surface area (Å²) < 4.78 is 13.4. The van der Waals surface area contributed by atoms with Crippen LogP contribution in [0, 0.1) is 11.8 Å². The Kier molecular flexibility index (Phi) is 6.91. The second-order valence-electron chi connectivity index (χ2n) is 9.34. The molecule has 0 spiro atoms. The first kappa shape index (κ1) is 23.1. The Hall–Kier alpha value is -3.03. The Morgan fingerprint density at radius 2 is 1.94 bits per heavy atom. The molecule has 2 aliphatic rings. The number of carbonyl (C=O) groups excluding carboxylic acids is 1. The maximum absolute atomic E-state index is 12.5. The molecule has 8 nitrogen and oxygen atoms in total. The van der Waals surface area contributed by atoms with Gasteiger partial charge in [-0.05, 0) is 69.1 Å². The van der Waals surface area contributed by atoms with Gasteiger partial charge in [-0.25, -0.2) is 4.79 Å². The minimum atomic E-state index is -0.739. The number of ether oxygens (including phenoxy) is 2. The maximum Gasteiger partial charge on any atom is 0.410 e. The average Bonchev–Trinajstić information content (AvgIpc) is 3.60. The number of carbonyl (C=O) groups is 2. The van der Waals surface area contributed by atoms with E-state index in [0.29, 0.717) is 12.3 Å². The molecule has 2 saturated carbocycles. The van der Waals surface area contributed by atoms with Gasteiger partial charge in [-0.3, -0.25) is 9.48 Å². The highest BCUT2D eigenvalue weighted by Crippen LogP contribution is 2.35. The van der Waals surface area contributed by atoms with Crippen molar-refractivity contribution >= 4 is 12.1 Å². The lowest BCUT2D eigenvalue weighted by Gasteiger charge is -2.27. The van der Waals surface area contributed by atoms with Crippen molar-refractivity contribution in [3.63, 3.8) is 0 Å². The van der Waals surface area contributed by atoms with Crippen LogP contribution in [0.2, 0.25) is 0 Å². The molecule has 8 heteroatoms. The lowest BCUT2D eigenvalue weighted by atomic mass is 9.87. The summed E-state index contributed by atoms with van der Waals surface area (Å²) in [5.41, 5.74) is 2.67. The number of aryl methyl sites for hydroxylation is 1. The van der Waals surface area contributed by atoms with Crippen LogP contribution in [-0.4, -0.2) is 51.0 Å². The van der Waals surface area contributed by atoms with Crippen LogP contribution >= 0.6 is 0 Å². The van der Waals surface area contributed by atoms with E-state index in [1.807, 2.05) is 31.3 Å². The number of nitrogens with zero attached hydrogens (tertiary/aromatic N) is 3. The first-order valence-corrected chi connectivity index (χ1v) is 11.7. The Labute approximate surface area is 194 Å². The molecular weight excluding hydrogens is 422 g/mol. The number of aromatic nitrogens is 2. The largest absolute Gasteiger partial charge is 0.490 e. The monoisotopic (exact) mass is 455 g/mol. The van der Waals surface area contributed by atoms with Crippen molar-refractivity contribution in [1.29, 1.82) is 0 Å². The highest BCUT2D eigenvalue weighted by Gasteiger charge is 2.33. The normalized spacial score (nSPS) is 21.3. The topological polar surface area (TPSA) is 93.9 Å². The number of benzene rings is 1. The fourth-order valence-electron chi connectivity index (χ4n) is 4.55. The first-order valence-electron chi connectivity index (χ1n) is 11.7. The van der Waals surface area contributed by atoms with Gasteiger partial charge in [0.15, 0.2) is 0 Å². The van der Waals surface area contributed by atoms with E-state index in [1.165, 1.54) is 12.8 Å². The van der Waals surface area contributed by atoms with E-state index in [1.54, 1.807) is 22.8 Å². The van der Waals surface area contributed by atoms with Crippen molar-refractivity contribution in [2.24, 2.45) is 18.9 Å². The van der Waals surface area contributed by atoms with E-state index in [4.69, 9.17) is 9.47 Å². The fourth-order valence-corrected chi connectivity index (χ4v) is 4.55. The number of carboxylic acid groups (broad SMARTS) is 1. The first-order chi connectivity index (χ1) is 15.8. The standard InChI is InChI=1S/C25H33N3O5/c1-16(17-7-8-17)27(2)25(31)32-15-23-22(14-26-28(23)3)18-9-11-20(12-10-18)33-21-6-4-5-19(13-21)24(29)30/h9-12,14,16-17,19,21H,4-8,13,15H2,1-3H3,(H,29,30)/t16?,19-,21-/m0/s1. The molecule has 0 radical (unpaired) electrons. The van der Waals surface area contributed by atoms with Crippen LogP contribution in [0.3, 0.4) is 0 Å². The van der Waals surface area contributed by atoms with Gasteiger partial charge in [0.25, 0.3) is 0 Å². The molecule has 2 aliphatic carbocycles. The molecule has 3 atom stereocenters. The smallest absolute Gasteiger partial charge is 0.410 e. The molecule has 2 fully saturated rings. The third-order valence-corrected chi connectivity index (χ3v) is 7.04. The van der Waals surface area contributed by atoms with Crippen LogP contribution in [0.1, 0.15) is 51.1 Å². The van der Waals surface area contributed by atoms with E-state index in [0.717, 1.165) is 41.8 Å². The summed E-state index contributed by atoms with van der Waals surface area (Å²) in [6.07, 6.45) is 6.72. The summed E-state index contributed by atoms with van der Waals surface area (Å²) in [4.78, 5) is 25.5. The number of hydrogen-bond acceptors (Lipinski definition) is 5. The lowest BCUT2D eigenvalue weighted by molar-refractivity contribution is -0.143. The zero-order valence-electron chi connectivity index (χ0n) is 19.6. The van der Waals surface area contributed by atoms with Crippen LogP contribution < -0.4 is 4.74 Å². The molecule has 1 aromatic carbocycles. The van der Waals surface area contributed by atoms with Gasteiger partial charge in [-0.1, -0.05) is 12.1 Å². The number of amides is 1. The lowest BCUT2D eigenvalue weighted by Crippen LogP contribution is -2.36. The minimum Gasteiger partial charge on any atom is -0.490 e. The van der Waals surface area contributed by atoms with Crippen molar-refractivity contribution in [3.8, 4) is 16.9 Å². The van der Waals surface area contributed by atoms with Gasteiger partial charge in [-0.2, -0.15) is 5.10 Å². The molecule has 1 aromatic heterocycles. The molecule has 1 N–H and O–H groups in total. The van der Waals surface area contributed by atoms with Crippen molar-refractivity contribution < 1.29 is 24.2 Å². The van der Waals surface area contributed by atoms with Gasteiger partial charge in [0.1, 0.15) is 12.4 Å². The van der Waals surface area contributed by atoms with Crippen LogP contribution in [0.25, 0.3) is 11.1 Å². The summed E-state index contributed by atoms with van der Waals surface area (Å²) in [7, 11) is 3.63. The third-order valence-electron chi connectivity index (χ3n) is 7.04. The Morgan fingerprint density at radius 3 is 2.61 bits per heavy atom. The van der Waals surface area contributed by atoms with Gasteiger partial charge in [0, 0.05) is 25.7 Å².